The molecule has 1 N–H and O–H groups in total. The number of carbonyl (C=O) groups is 2. The van der Waals surface area contributed by atoms with Crippen LogP contribution in [0.4, 0.5) is 0 Å². The van der Waals surface area contributed by atoms with Crippen LogP contribution in [0.1, 0.15) is 60.9 Å². The molecule has 1 atom stereocenters. The minimum absolute atomic E-state index is 0.0152. The second-order valence-electron chi connectivity index (χ2n) is 8.36. The molecular formula is C22H29N3O2. The minimum Gasteiger partial charge on any atom is -0.355 e. The lowest BCUT2D eigenvalue weighted by atomic mass is 9.88. The molecule has 5 nitrogen and oxygen atoms in total. The van der Waals surface area contributed by atoms with Crippen LogP contribution in [0, 0.1) is 19.3 Å². The Morgan fingerprint density at radius 1 is 1.19 bits per heavy atom. The van der Waals surface area contributed by atoms with E-state index in [1.807, 2.05) is 19.9 Å². The molecule has 0 saturated heterocycles. The fourth-order valence-corrected chi connectivity index (χ4v) is 4.33. The summed E-state index contributed by atoms with van der Waals surface area (Å²) in [4.78, 5) is 24.2. The zero-order chi connectivity index (χ0) is 19.8. The third-order valence-electron chi connectivity index (χ3n) is 6.11. The van der Waals surface area contributed by atoms with Crippen LogP contribution in [0.5, 0.6) is 0 Å². The predicted octanol–water partition coefficient (Wildman–Crippen LogP) is 3.58. The highest BCUT2D eigenvalue weighted by Gasteiger charge is 2.61. The summed E-state index contributed by atoms with van der Waals surface area (Å²) in [6.45, 7) is 10.9. The van der Waals surface area contributed by atoms with Crippen molar-refractivity contribution in [2.75, 3.05) is 6.54 Å². The summed E-state index contributed by atoms with van der Waals surface area (Å²) in [5.41, 5.74) is 3.72. The first-order valence-corrected chi connectivity index (χ1v) is 9.55. The van der Waals surface area contributed by atoms with Gasteiger partial charge in [-0.05, 0) is 38.2 Å². The van der Waals surface area contributed by atoms with Crippen molar-refractivity contribution in [3.63, 3.8) is 0 Å². The number of nitrogens with one attached hydrogen (secondary N) is 1. The number of hydrogen-bond acceptors (Lipinski definition) is 3. The van der Waals surface area contributed by atoms with Gasteiger partial charge in [-0.1, -0.05) is 44.2 Å². The van der Waals surface area contributed by atoms with Gasteiger partial charge in [-0.25, -0.2) is 0 Å². The van der Waals surface area contributed by atoms with Crippen molar-refractivity contribution in [1.29, 1.82) is 0 Å². The summed E-state index contributed by atoms with van der Waals surface area (Å²) in [7, 11) is 0. The quantitative estimate of drug-likeness (QED) is 0.761. The Hall–Kier alpha value is -2.43. The molecule has 0 aliphatic heterocycles. The number of aromatic nitrogens is 2. The number of Topliss-reactive ketones (excluding diaryl/α,β-unsaturated/α-hetero) is 1. The lowest BCUT2D eigenvalue weighted by molar-refractivity contribution is -0.121. The van der Waals surface area contributed by atoms with Crippen LogP contribution in [0.25, 0.3) is 0 Å². The second-order valence-corrected chi connectivity index (χ2v) is 8.36. The van der Waals surface area contributed by atoms with Gasteiger partial charge in [0.25, 0.3) is 0 Å². The van der Waals surface area contributed by atoms with Crippen LogP contribution in [-0.2, 0) is 16.8 Å². The van der Waals surface area contributed by atoms with Gasteiger partial charge in [-0.2, -0.15) is 5.10 Å². The molecule has 1 aliphatic rings. The Kier molecular flexibility index (Phi) is 4.98. The Morgan fingerprint density at radius 2 is 1.81 bits per heavy atom. The molecule has 27 heavy (non-hydrogen) atoms. The topological polar surface area (TPSA) is 64.0 Å². The number of ketones is 1. The number of carbonyl (C=O) groups excluding carboxylic acids is 2. The zero-order valence-electron chi connectivity index (χ0n) is 16.9. The molecule has 0 radical (unpaired) electrons. The summed E-state index contributed by atoms with van der Waals surface area (Å²) in [6, 6.07) is 10.4. The highest BCUT2D eigenvalue weighted by Crippen LogP contribution is 2.63. The first-order valence-electron chi connectivity index (χ1n) is 9.55. The molecule has 1 saturated carbocycles. The number of amides is 1. The lowest BCUT2D eigenvalue weighted by Crippen LogP contribution is -2.35. The van der Waals surface area contributed by atoms with E-state index in [-0.39, 0.29) is 22.5 Å². The van der Waals surface area contributed by atoms with Crippen molar-refractivity contribution in [3.8, 4) is 0 Å². The van der Waals surface area contributed by atoms with E-state index in [2.05, 4.69) is 48.5 Å². The fourth-order valence-electron chi connectivity index (χ4n) is 4.33. The van der Waals surface area contributed by atoms with Crippen LogP contribution in [-0.4, -0.2) is 28.0 Å². The lowest BCUT2D eigenvalue weighted by Gasteiger charge is -2.22. The van der Waals surface area contributed by atoms with Gasteiger partial charge in [-0.15, -0.1) is 0 Å². The average Bonchev–Trinajstić information content (AvgIpc) is 3.06. The number of hydrogen-bond donors (Lipinski definition) is 1. The molecule has 144 valence electrons. The summed E-state index contributed by atoms with van der Waals surface area (Å²) >= 11 is 0. The zero-order valence-corrected chi connectivity index (χ0v) is 16.9. The minimum atomic E-state index is 0.0152. The number of benzene rings is 1. The van der Waals surface area contributed by atoms with E-state index in [4.69, 9.17) is 0 Å². The smallest absolute Gasteiger partial charge is 0.221 e. The average molecular weight is 367 g/mol. The molecule has 1 fully saturated rings. The molecule has 1 aromatic heterocycles. The standard InChI is InChI=1S/C22H29N3O2/c1-15-20(17(3)26)16(2)25(24-15)12-11-19(27)23-14-22(13-21(22,4)5)18-9-7-6-8-10-18/h6-10H,11-14H2,1-5H3,(H,23,27)/t22-/m1/s1. The molecule has 1 aromatic carbocycles. The van der Waals surface area contributed by atoms with E-state index < -0.39 is 0 Å². The van der Waals surface area contributed by atoms with E-state index in [9.17, 15) is 9.59 Å². The Balaban J connectivity index is 1.61. The summed E-state index contributed by atoms with van der Waals surface area (Å²) in [5, 5.41) is 7.54. The van der Waals surface area contributed by atoms with Gasteiger partial charge in [0.15, 0.2) is 5.78 Å². The summed E-state index contributed by atoms with van der Waals surface area (Å²) in [5.74, 6) is 0.0337. The van der Waals surface area contributed by atoms with Crippen LogP contribution in [0.2, 0.25) is 0 Å². The first-order chi connectivity index (χ1) is 12.7. The molecule has 5 heteroatoms. The number of rotatable bonds is 7. The van der Waals surface area contributed by atoms with E-state index in [0.29, 0.717) is 25.1 Å². The first kappa shape index (κ1) is 19.3. The van der Waals surface area contributed by atoms with Gasteiger partial charge in [0, 0.05) is 30.6 Å². The maximum absolute atomic E-state index is 12.5. The van der Waals surface area contributed by atoms with Gasteiger partial charge >= 0.3 is 0 Å². The van der Waals surface area contributed by atoms with Crippen LogP contribution >= 0.6 is 0 Å². The van der Waals surface area contributed by atoms with Crippen molar-refractivity contribution >= 4 is 11.7 Å². The van der Waals surface area contributed by atoms with Crippen LogP contribution in [0.15, 0.2) is 30.3 Å². The van der Waals surface area contributed by atoms with Gasteiger partial charge in [0.1, 0.15) is 0 Å². The van der Waals surface area contributed by atoms with Crippen LogP contribution < -0.4 is 5.32 Å². The van der Waals surface area contributed by atoms with E-state index in [1.54, 1.807) is 11.6 Å². The Labute approximate surface area is 161 Å². The second kappa shape index (κ2) is 6.95. The highest BCUT2D eigenvalue weighted by atomic mass is 16.1. The molecule has 0 bridgehead atoms. The van der Waals surface area contributed by atoms with E-state index >= 15 is 0 Å². The van der Waals surface area contributed by atoms with Crippen molar-refractivity contribution in [2.45, 2.75) is 59.4 Å². The van der Waals surface area contributed by atoms with Gasteiger partial charge in [-0.3, -0.25) is 14.3 Å². The number of aryl methyl sites for hydroxylation is 2. The van der Waals surface area contributed by atoms with Crippen molar-refractivity contribution < 1.29 is 9.59 Å². The molecular weight excluding hydrogens is 338 g/mol. The molecule has 1 aliphatic carbocycles. The number of nitrogens with zero attached hydrogens (tertiary/aromatic N) is 2. The molecule has 1 amide bonds. The van der Waals surface area contributed by atoms with Crippen molar-refractivity contribution in [1.82, 2.24) is 15.1 Å². The van der Waals surface area contributed by atoms with Crippen LogP contribution in [0.3, 0.4) is 0 Å². The Bertz CT molecular complexity index is 867. The van der Waals surface area contributed by atoms with Crippen molar-refractivity contribution in [2.24, 2.45) is 5.41 Å². The fraction of sp³-hybridized carbons (Fsp3) is 0.500. The normalized spacial score (nSPS) is 20.3. The monoisotopic (exact) mass is 367 g/mol. The molecule has 1 heterocycles. The maximum Gasteiger partial charge on any atom is 0.221 e. The SMILES string of the molecule is CC(=O)c1c(C)nn(CCC(=O)NC[C@@]2(c3ccccc3)CC2(C)C)c1C. The van der Waals surface area contributed by atoms with E-state index in [1.165, 1.54) is 5.56 Å². The summed E-state index contributed by atoms with van der Waals surface area (Å²) in [6.07, 6.45) is 1.42. The summed E-state index contributed by atoms with van der Waals surface area (Å²) < 4.78 is 1.76. The van der Waals surface area contributed by atoms with Gasteiger partial charge in [0.05, 0.1) is 11.3 Å². The molecule has 2 aromatic rings. The molecule has 0 spiro atoms. The van der Waals surface area contributed by atoms with Gasteiger partial charge < -0.3 is 5.32 Å². The van der Waals surface area contributed by atoms with E-state index in [0.717, 1.165) is 17.8 Å². The largest absolute Gasteiger partial charge is 0.355 e. The molecule has 3 rings (SSSR count). The molecule has 0 unspecified atom stereocenters. The third-order valence-corrected chi connectivity index (χ3v) is 6.11. The maximum atomic E-state index is 12.5. The Morgan fingerprint density at radius 3 is 2.33 bits per heavy atom. The predicted molar refractivity (Wildman–Crippen MR) is 106 cm³/mol. The highest BCUT2D eigenvalue weighted by molar-refractivity contribution is 5.96. The van der Waals surface area contributed by atoms with Crippen molar-refractivity contribution in [3.05, 3.63) is 52.8 Å². The third kappa shape index (κ3) is 3.55. The van der Waals surface area contributed by atoms with Gasteiger partial charge in [0.2, 0.25) is 5.91 Å².